The molecule has 1 aromatic heterocycles. The summed E-state index contributed by atoms with van der Waals surface area (Å²) in [6.07, 6.45) is 0.818. The summed E-state index contributed by atoms with van der Waals surface area (Å²) in [5.74, 6) is 0.594. The molecule has 2 heterocycles. The summed E-state index contributed by atoms with van der Waals surface area (Å²) in [6.45, 7) is 3.42. The van der Waals surface area contributed by atoms with Gasteiger partial charge in [-0.1, -0.05) is 6.07 Å². The highest BCUT2D eigenvalue weighted by molar-refractivity contribution is 5.37. The Morgan fingerprint density at radius 3 is 3.10 bits per heavy atom. The molecule has 3 rings (SSSR count). The summed E-state index contributed by atoms with van der Waals surface area (Å²) in [5.41, 5.74) is 2.99. The van der Waals surface area contributed by atoms with E-state index in [4.69, 9.17) is 4.74 Å². The number of fused-ring (bicyclic) bond motifs is 1. The minimum atomic E-state index is -0.204. The van der Waals surface area contributed by atoms with Crippen LogP contribution in [0.1, 0.15) is 17.0 Å². The fraction of sp³-hybridized carbons (Fsp3) is 0.312. The third-order valence-corrected chi connectivity index (χ3v) is 3.39. The maximum atomic E-state index is 13.1. The van der Waals surface area contributed by atoms with Crippen molar-refractivity contribution in [3.05, 3.63) is 59.2 Å². The Morgan fingerprint density at radius 1 is 1.35 bits per heavy atom. The van der Waals surface area contributed by atoms with Crippen LogP contribution in [-0.2, 0) is 13.0 Å². The lowest BCUT2D eigenvalue weighted by Crippen LogP contribution is -2.30. The van der Waals surface area contributed by atoms with Gasteiger partial charge in [-0.25, -0.2) is 4.39 Å². The second-order valence-corrected chi connectivity index (χ2v) is 5.10. The molecule has 3 nitrogen and oxygen atoms in total. The Kier molecular flexibility index (Phi) is 3.65. The van der Waals surface area contributed by atoms with Crippen LogP contribution in [0.5, 0.6) is 5.75 Å². The number of rotatable bonds is 4. The average Bonchev–Trinajstić information content (AvgIpc) is 2.80. The number of pyridine rings is 1. The van der Waals surface area contributed by atoms with Crippen LogP contribution in [-0.4, -0.2) is 17.6 Å². The van der Waals surface area contributed by atoms with Gasteiger partial charge >= 0.3 is 0 Å². The number of nitrogens with one attached hydrogen (secondary N) is 1. The van der Waals surface area contributed by atoms with E-state index in [9.17, 15) is 4.39 Å². The summed E-state index contributed by atoms with van der Waals surface area (Å²) in [4.78, 5) is 4.44. The third kappa shape index (κ3) is 2.96. The number of aryl methyl sites for hydroxylation is 1. The van der Waals surface area contributed by atoms with E-state index in [0.717, 1.165) is 35.7 Å². The zero-order valence-corrected chi connectivity index (χ0v) is 11.4. The van der Waals surface area contributed by atoms with Gasteiger partial charge in [-0.3, -0.25) is 4.98 Å². The van der Waals surface area contributed by atoms with Crippen molar-refractivity contribution < 1.29 is 9.13 Å². The van der Waals surface area contributed by atoms with Gasteiger partial charge in [-0.05, 0) is 37.3 Å². The van der Waals surface area contributed by atoms with Crippen molar-refractivity contribution in [2.45, 2.75) is 26.0 Å². The third-order valence-electron chi connectivity index (χ3n) is 3.39. The lowest BCUT2D eigenvalue weighted by atomic mass is 10.1. The second kappa shape index (κ2) is 5.59. The highest BCUT2D eigenvalue weighted by atomic mass is 19.1. The van der Waals surface area contributed by atoms with Gasteiger partial charge < -0.3 is 10.1 Å². The van der Waals surface area contributed by atoms with Crippen LogP contribution in [0, 0.1) is 12.7 Å². The first-order valence-corrected chi connectivity index (χ1v) is 6.79. The van der Waals surface area contributed by atoms with Gasteiger partial charge in [-0.2, -0.15) is 0 Å². The molecule has 4 heteroatoms. The van der Waals surface area contributed by atoms with Crippen LogP contribution in [0.3, 0.4) is 0 Å². The Morgan fingerprint density at radius 2 is 2.25 bits per heavy atom. The first kappa shape index (κ1) is 13.1. The Bertz CT molecular complexity index is 615. The molecule has 1 atom stereocenters. The van der Waals surface area contributed by atoms with Crippen LogP contribution in [0.15, 0.2) is 36.4 Å². The summed E-state index contributed by atoms with van der Waals surface area (Å²) in [5, 5.41) is 3.34. The molecule has 1 aliphatic rings. The Labute approximate surface area is 117 Å². The number of halogens is 1. The van der Waals surface area contributed by atoms with E-state index < -0.39 is 0 Å². The van der Waals surface area contributed by atoms with E-state index in [1.807, 2.05) is 25.1 Å². The molecule has 0 saturated heterocycles. The van der Waals surface area contributed by atoms with E-state index in [2.05, 4.69) is 10.3 Å². The van der Waals surface area contributed by atoms with E-state index in [-0.39, 0.29) is 11.9 Å². The zero-order chi connectivity index (χ0) is 13.9. The van der Waals surface area contributed by atoms with Crippen molar-refractivity contribution in [3.8, 4) is 5.75 Å². The standard InChI is InChI=1S/C16H17FN2O/c1-11-3-2-4-14(19-11)9-18-10-15-8-12-7-13(17)5-6-16(12)20-15/h2-7,15,18H,8-10H2,1H3. The minimum Gasteiger partial charge on any atom is -0.488 e. The smallest absolute Gasteiger partial charge is 0.123 e. The van der Waals surface area contributed by atoms with Crippen LogP contribution in [0.25, 0.3) is 0 Å². The van der Waals surface area contributed by atoms with E-state index in [1.165, 1.54) is 6.07 Å². The quantitative estimate of drug-likeness (QED) is 0.929. The maximum Gasteiger partial charge on any atom is 0.123 e. The first-order valence-electron chi connectivity index (χ1n) is 6.79. The van der Waals surface area contributed by atoms with Gasteiger partial charge in [0.2, 0.25) is 0 Å². The monoisotopic (exact) mass is 272 g/mol. The van der Waals surface area contributed by atoms with Crippen molar-refractivity contribution in [3.63, 3.8) is 0 Å². The maximum absolute atomic E-state index is 13.1. The molecular weight excluding hydrogens is 255 g/mol. The normalized spacial score (nSPS) is 16.8. The summed E-state index contributed by atoms with van der Waals surface area (Å²) < 4.78 is 18.9. The zero-order valence-electron chi connectivity index (χ0n) is 11.4. The highest BCUT2D eigenvalue weighted by Crippen LogP contribution is 2.28. The topological polar surface area (TPSA) is 34.1 Å². The summed E-state index contributed by atoms with van der Waals surface area (Å²) >= 11 is 0. The van der Waals surface area contributed by atoms with Crippen molar-refractivity contribution in [1.29, 1.82) is 0 Å². The molecule has 0 spiro atoms. The highest BCUT2D eigenvalue weighted by Gasteiger charge is 2.22. The van der Waals surface area contributed by atoms with Gasteiger partial charge in [0, 0.05) is 30.8 Å². The number of ether oxygens (including phenoxy) is 1. The van der Waals surface area contributed by atoms with Crippen molar-refractivity contribution in [2.75, 3.05) is 6.54 Å². The molecule has 2 aromatic rings. The first-order chi connectivity index (χ1) is 9.70. The number of hydrogen-bond acceptors (Lipinski definition) is 3. The fourth-order valence-corrected chi connectivity index (χ4v) is 2.46. The SMILES string of the molecule is Cc1cccc(CNCC2Cc3cc(F)ccc3O2)n1. The minimum absolute atomic E-state index is 0.0663. The van der Waals surface area contributed by atoms with Crippen LogP contribution in [0.4, 0.5) is 4.39 Å². The molecule has 20 heavy (non-hydrogen) atoms. The van der Waals surface area contributed by atoms with Gasteiger partial charge in [-0.15, -0.1) is 0 Å². The molecular formula is C16H17FN2O. The molecule has 0 radical (unpaired) electrons. The fourth-order valence-electron chi connectivity index (χ4n) is 2.46. The lowest BCUT2D eigenvalue weighted by Gasteiger charge is -2.11. The predicted molar refractivity (Wildman–Crippen MR) is 75.2 cm³/mol. The number of aromatic nitrogens is 1. The lowest BCUT2D eigenvalue weighted by molar-refractivity contribution is 0.227. The Hall–Kier alpha value is -1.94. The van der Waals surface area contributed by atoms with E-state index in [0.29, 0.717) is 6.54 Å². The van der Waals surface area contributed by atoms with Crippen LogP contribution >= 0.6 is 0 Å². The average molecular weight is 272 g/mol. The number of nitrogens with zero attached hydrogens (tertiary/aromatic N) is 1. The van der Waals surface area contributed by atoms with E-state index in [1.54, 1.807) is 12.1 Å². The molecule has 0 saturated carbocycles. The Balaban J connectivity index is 1.51. The molecule has 0 amide bonds. The molecule has 1 aliphatic heterocycles. The van der Waals surface area contributed by atoms with Gasteiger partial charge in [0.05, 0.1) is 5.69 Å². The summed E-state index contributed by atoms with van der Waals surface area (Å²) in [6, 6.07) is 10.7. The van der Waals surface area contributed by atoms with E-state index >= 15 is 0 Å². The summed E-state index contributed by atoms with van der Waals surface area (Å²) in [7, 11) is 0. The van der Waals surface area contributed by atoms with Crippen LogP contribution < -0.4 is 10.1 Å². The van der Waals surface area contributed by atoms with Crippen LogP contribution in [0.2, 0.25) is 0 Å². The van der Waals surface area contributed by atoms with Crippen molar-refractivity contribution in [1.82, 2.24) is 10.3 Å². The largest absolute Gasteiger partial charge is 0.488 e. The molecule has 104 valence electrons. The molecule has 0 bridgehead atoms. The number of hydrogen-bond donors (Lipinski definition) is 1. The molecule has 1 N–H and O–H groups in total. The molecule has 1 unspecified atom stereocenters. The van der Waals surface area contributed by atoms with Crippen molar-refractivity contribution >= 4 is 0 Å². The van der Waals surface area contributed by atoms with Gasteiger partial charge in [0.1, 0.15) is 17.7 Å². The van der Waals surface area contributed by atoms with Crippen molar-refractivity contribution in [2.24, 2.45) is 0 Å². The molecule has 1 aromatic carbocycles. The predicted octanol–water partition coefficient (Wildman–Crippen LogP) is 2.62. The van der Waals surface area contributed by atoms with Gasteiger partial charge in [0.25, 0.3) is 0 Å². The molecule has 0 aliphatic carbocycles. The molecule has 0 fully saturated rings. The second-order valence-electron chi connectivity index (χ2n) is 5.10. The number of benzene rings is 1. The van der Waals surface area contributed by atoms with Gasteiger partial charge in [0.15, 0.2) is 0 Å².